The van der Waals surface area contributed by atoms with Crippen molar-refractivity contribution in [3.63, 3.8) is 0 Å². The molecule has 0 radical (unpaired) electrons. The first kappa shape index (κ1) is 14.0. The van der Waals surface area contributed by atoms with E-state index >= 15 is 0 Å². The Balaban J connectivity index is 1.76. The second-order valence-corrected chi connectivity index (χ2v) is 6.54. The Bertz CT molecular complexity index is 538. The summed E-state index contributed by atoms with van der Waals surface area (Å²) in [5.74, 6) is -1.68. The van der Waals surface area contributed by atoms with Crippen LogP contribution in [0.1, 0.15) is 33.1 Å². The molecule has 21 heavy (non-hydrogen) atoms. The average molecular weight is 293 g/mol. The highest BCUT2D eigenvalue weighted by atomic mass is 16.2. The molecular formula is C14H19N3O4. The zero-order chi connectivity index (χ0) is 15.4. The second-order valence-electron chi connectivity index (χ2n) is 6.54. The van der Waals surface area contributed by atoms with Gasteiger partial charge in [-0.3, -0.25) is 24.5 Å². The van der Waals surface area contributed by atoms with Gasteiger partial charge in [-0.1, -0.05) is 0 Å². The molecule has 2 saturated heterocycles. The molecule has 1 aliphatic carbocycles. The monoisotopic (exact) mass is 293 g/mol. The Labute approximate surface area is 122 Å². The summed E-state index contributed by atoms with van der Waals surface area (Å²) in [5, 5.41) is 2.24. The molecule has 3 fully saturated rings. The van der Waals surface area contributed by atoms with E-state index in [1.54, 1.807) is 18.7 Å². The minimum atomic E-state index is -1.07. The molecule has 2 aliphatic heterocycles. The summed E-state index contributed by atoms with van der Waals surface area (Å²) < 4.78 is 0. The quantitative estimate of drug-likeness (QED) is 0.679. The van der Waals surface area contributed by atoms with Crippen LogP contribution in [0.25, 0.3) is 0 Å². The fourth-order valence-electron chi connectivity index (χ4n) is 2.99. The number of likely N-dealkylation sites (tertiary alicyclic amines) is 1. The van der Waals surface area contributed by atoms with Gasteiger partial charge in [0.15, 0.2) is 0 Å². The number of nitrogens with one attached hydrogen (secondary N) is 1. The number of hydrogen-bond donors (Lipinski definition) is 1. The maximum Gasteiger partial charge on any atom is 0.252 e. The van der Waals surface area contributed by atoms with Crippen LogP contribution in [0.5, 0.6) is 0 Å². The molecule has 0 bridgehead atoms. The predicted octanol–water partition coefficient (Wildman–Crippen LogP) is -0.739. The Kier molecular flexibility index (Phi) is 3.04. The van der Waals surface area contributed by atoms with Gasteiger partial charge >= 0.3 is 0 Å². The van der Waals surface area contributed by atoms with Gasteiger partial charge in [-0.25, -0.2) is 0 Å². The molecule has 1 N–H and O–H groups in total. The lowest BCUT2D eigenvalue weighted by atomic mass is 9.95. The lowest BCUT2D eigenvalue weighted by Crippen LogP contribution is -2.66. The smallest absolute Gasteiger partial charge is 0.252 e. The molecule has 0 aromatic rings. The third kappa shape index (κ3) is 2.30. The molecule has 1 unspecified atom stereocenters. The lowest BCUT2D eigenvalue weighted by molar-refractivity contribution is -0.157. The zero-order valence-corrected chi connectivity index (χ0v) is 12.2. The highest BCUT2D eigenvalue weighted by Crippen LogP contribution is 2.34. The van der Waals surface area contributed by atoms with Gasteiger partial charge < -0.3 is 9.80 Å². The van der Waals surface area contributed by atoms with Crippen LogP contribution >= 0.6 is 0 Å². The van der Waals surface area contributed by atoms with Crippen molar-refractivity contribution in [3.05, 3.63) is 0 Å². The van der Waals surface area contributed by atoms with Crippen molar-refractivity contribution >= 4 is 23.6 Å². The van der Waals surface area contributed by atoms with E-state index in [2.05, 4.69) is 5.32 Å². The van der Waals surface area contributed by atoms with Crippen molar-refractivity contribution < 1.29 is 19.2 Å². The van der Waals surface area contributed by atoms with Crippen LogP contribution in [0.15, 0.2) is 0 Å². The van der Waals surface area contributed by atoms with E-state index in [-0.39, 0.29) is 30.8 Å². The molecule has 114 valence electrons. The zero-order valence-electron chi connectivity index (χ0n) is 12.2. The first-order valence-electron chi connectivity index (χ1n) is 7.26. The van der Waals surface area contributed by atoms with Crippen LogP contribution in [0.3, 0.4) is 0 Å². The van der Waals surface area contributed by atoms with Crippen molar-refractivity contribution in [2.75, 3.05) is 13.1 Å². The largest absolute Gasteiger partial charge is 0.339 e. The van der Waals surface area contributed by atoms with Crippen LogP contribution in [0, 0.1) is 5.92 Å². The summed E-state index contributed by atoms with van der Waals surface area (Å²) in [7, 11) is 0. The van der Waals surface area contributed by atoms with Gasteiger partial charge in [0.2, 0.25) is 17.7 Å². The number of piperazine rings is 1. The highest BCUT2D eigenvalue weighted by molar-refractivity contribution is 6.06. The van der Waals surface area contributed by atoms with Crippen molar-refractivity contribution in [2.45, 2.75) is 44.7 Å². The SMILES string of the molecule is CC1(C)C(=O)NC(=O)CN1C(=O)C1CC(=O)N(C2CC2)C1. The summed E-state index contributed by atoms with van der Waals surface area (Å²) in [6.45, 7) is 3.50. The molecule has 0 aromatic carbocycles. The lowest BCUT2D eigenvalue weighted by Gasteiger charge is -2.41. The van der Waals surface area contributed by atoms with Crippen molar-refractivity contribution in [1.29, 1.82) is 0 Å². The Morgan fingerprint density at radius 2 is 1.90 bits per heavy atom. The third-order valence-electron chi connectivity index (χ3n) is 4.55. The molecule has 2 heterocycles. The molecular weight excluding hydrogens is 274 g/mol. The van der Waals surface area contributed by atoms with E-state index in [9.17, 15) is 19.2 Å². The van der Waals surface area contributed by atoms with Gasteiger partial charge in [0, 0.05) is 19.0 Å². The van der Waals surface area contributed by atoms with Crippen molar-refractivity contribution in [2.24, 2.45) is 5.92 Å². The molecule has 3 aliphatic rings. The van der Waals surface area contributed by atoms with Crippen LogP contribution in [0.2, 0.25) is 0 Å². The molecule has 3 rings (SSSR count). The van der Waals surface area contributed by atoms with Gasteiger partial charge in [0.25, 0.3) is 5.91 Å². The fourth-order valence-corrected chi connectivity index (χ4v) is 2.99. The van der Waals surface area contributed by atoms with Gasteiger partial charge in [-0.2, -0.15) is 0 Å². The van der Waals surface area contributed by atoms with Crippen LogP contribution < -0.4 is 5.32 Å². The van der Waals surface area contributed by atoms with Crippen LogP contribution in [-0.2, 0) is 19.2 Å². The number of nitrogens with zero attached hydrogens (tertiary/aromatic N) is 2. The van der Waals surface area contributed by atoms with Crippen LogP contribution in [-0.4, -0.2) is 58.1 Å². The minimum absolute atomic E-state index is 0.00134. The Hall–Kier alpha value is -1.92. The van der Waals surface area contributed by atoms with Gasteiger partial charge in [-0.05, 0) is 26.7 Å². The standard InChI is InChI=1S/C14H19N3O4/c1-14(2)13(21)15-10(18)7-17(14)12(20)8-5-11(19)16(6-8)9-3-4-9/h8-9H,3-7H2,1-2H3,(H,15,18,21). The molecule has 1 atom stereocenters. The molecule has 1 saturated carbocycles. The maximum absolute atomic E-state index is 12.7. The number of carbonyl (C=O) groups excluding carboxylic acids is 4. The first-order chi connectivity index (χ1) is 9.80. The average Bonchev–Trinajstić information content (AvgIpc) is 3.16. The molecule has 4 amide bonds. The van der Waals surface area contributed by atoms with Gasteiger partial charge in [0.1, 0.15) is 12.1 Å². The predicted molar refractivity (Wildman–Crippen MR) is 71.8 cm³/mol. The molecule has 0 spiro atoms. The third-order valence-corrected chi connectivity index (χ3v) is 4.55. The molecule has 0 aromatic heterocycles. The number of imide groups is 1. The highest BCUT2D eigenvalue weighted by Gasteiger charge is 2.48. The Morgan fingerprint density at radius 1 is 1.24 bits per heavy atom. The number of hydrogen-bond acceptors (Lipinski definition) is 4. The van der Waals surface area contributed by atoms with E-state index in [1.807, 2.05) is 0 Å². The number of rotatable bonds is 2. The summed E-state index contributed by atoms with van der Waals surface area (Å²) in [6, 6.07) is 0.287. The van der Waals surface area contributed by atoms with Crippen molar-refractivity contribution in [3.8, 4) is 0 Å². The summed E-state index contributed by atoms with van der Waals surface area (Å²) >= 11 is 0. The summed E-state index contributed by atoms with van der Waals surface area (Å²) in [4.78, 5) is 51.1. The first-order valence-corrected chi connectivity index (χ1v) is 7.26. The van der Waals surface area contributed by atoms with E-state index in [1.165, 1.54) is 4.90 Å². The van der Waals surface area contributed by atoms with E-state index in [4.69, 9.17) is 0 Å². The normalized spacial score (nSPS) is 28.9. The van der Waals surface area contributed by atoms with E-state index < -0.39 is 23.3 Å². The number of carbonyl (C=O) groups is 4. The van der Waals surface area contributed by atoms with Crippen LogP contribution in [0.4, 0.5) is 0 Å². The minimum Gasteiger partial charge on any atom is -0.339 e. The Morgan fingerprint density at radius 3 is 2.52 bits per heavy atom. The van der Waals surface area contributed by atoms with Crippen molar-refractivity contribution in [1.82, 2.24) is 15.1 Å². The summed E-state index contributed by atoms with van der Waals surface area (Å²) in [5.41, 5.74) is -1.07. The maximum atomic E-state index is 12.7. The fraction of sp³-hybridized carbons (Fsp3) is 0.714. The number of amides is 4. The summed E-state index contributed by atoms with van der Waals surface area (Å²) in [6.07, 6.45) is 2.18. The topological polar surface area (TPSA) is 86.8 Å². The van der Waals surface area contributed by atoms with Gasteiger partial charge in [0.05, 0.1) is 5.92 Å². The van der Waals surface area contributed by atoms with Gasteiger partial charge in [-0.15, -0.1) is 0 Å². The van der Waals surface area contributed by atoms with E-state index in [0.29, 0.717) is 6.54 Å². The molecule has 7 heteroatoms. The van der Waals surface area contributed by atoms with E-state index in [0.717, 1.165) is 12.8 Å². The molecule has 7 nitrogen and oxygen atoms in total. The second kappa shape index (κ2) is 4.54.